The lowest BCUT2D eigenvalue weighted by molar-refractivity contribution is -0.139. The topological polar surface area (TPSA) is 78.0 Å². The van der Waals surface area contributed by atoms with E-state index in [9.17, 15) is 9.59 Å². The molecule has 1 aliphatic rings. The molecule has 2 aromatic rings. The molecule has 1 fully saturated rings. The smallest absolute Gasteiger partial charge is 0.340 e. The van der Waals surface area contributed by atoms with Crippen LogP contribution < -0.4 is 9.47 Å². The van der Waals surface area contributed by atoms with E-state index in [0.717, 1.165) is 0 Å². The van der Waals surface area contributed by atoms with Crippen molar-refractivity contribution in [3.8, 4) is 11.5 Å². The number of benzene rings is 1. The summed E-state index contributed by atoms with van der Waals surface area (Å²) >= 11 is 6.04. The molecule has 0 N–H and O–H groups in total. The van der Waals surface area contributed by atoms with E-state index >= 15 is 0 Å². The largest absolute Gasteiger partial charge is 0.493 e. The molecule has 8 heteroatoms. The summed E-state index contributed by atoms with van der Waals surface area (Å²) in [4.78, 5) is 31.4. The second-order valence-corrected chi connectivity index (χ2v) is 7.75. The van der Waals surface area contributed by atoms with Crippen LogP contribution in [0.1, 0.15) is 48.7 Å². The first kappa shape index (κ1) is 22.9. The molecule has 1 atom stereocenters. The summed E-state index contributed by atoms with van der Waals surface area (Å²) in [6, 6.07) is 8.85. The van der Waals surface area contributed by atoms with Crippen LogP contribution in [0.4, 0.5) is 0 Å². The molecule has 1 unspecified atom stereocenters. The lowest BCUT2D eigenvalue weighted by atomic mass is 9.90. The van der Waals surface area contributed by atoms with Crippen molar-refractivity contribution in [1.29, 1.82) is 0 Å². The van der Waals surface area contributed by atoms with Crippen molar-refractivity contribution in [2.24, 2.45) is 0 Å². The summed E-state index contributed by atoms with van der Waals surface area (Å²) in [5, 5.41) is 0.390. The van der Waals surface area contributed by atoms with E-state index in [1.54, 1.807) is 50.3 Å². The van der Waals surface area contributed by atoms with E-state index in [1.807, 2.05) is 12.1 Å². The van der Waals surface area contributed by atoms with Crippen molar-refractivity contribution in [1.82, 2.24) is 9.88 Å². The van der Waals surface area contributed by atoms with Gasteiger partial charge in [0.25, 0.3) is 5.91 Å². The molecular weight excluding hydrogens is 420 g/mol. The predicted molar refractivity (Wildman–Crippen MR) is 117 cm³/mol. The third-order valence-electron chi connectivity index (χ3n) is 5.29. The lowest BCUT2D eigenvalue weighted by Crippen LogP contribution is -2.44. The summed E-state index contributed by atoms with van der Waals surface area (Å²) in [6.45, 7) is 4.88. The molecule has 0 radical (unpaired) electrons. The number of amides is 1. The molecule has 1 aromatic carbocycles. The third-order valence-corrected chi connectivity index (χ3v) is 5.50. The molecule has 0 aliphatic carbocycles. The van der Waals surface area contributed by atoms with Crippen LogP contribution in [0.2, 0.25) is 5.02 Å². The number of likely N-dealkylation sites (tertiary alicyclic amines) is 1. The Bertz CT molecular complexity index is 928. The maximum Gasteiger partial charge on any atom is 0.340 e. The Morgan fingerprint density at radius 1 is 1.23 bits per heavy atom. The number of ether oxygens (including phenoxy) is 3. The SMILES string of the molecule is CCOC(=O)c1cc(Cl)cnc1C1CCN(C(=O)C(C)Oc2ccccc2OC)CC1. The van der Waals surface area contributed by atoms with Gasteiger partial charge in [-0.25, -0.2) is 4.79 Å². The number of pyridine rings is 1. The molecule has 1 aliphatic heterocycles. The number of hydrogen-bond donors (Lipinski definition) is 0. The fourth-order valence-corrected chi connectivity index (χ4v) is 3.89. The van der Waals surface area contributed by atoms with Crippen molar-refractivity contribution in [2.75, 3.05) is 26.8 Å². The molecule has 2 heterocycles. The highest BCUT2D eigenvalue weighted by Gasteiger charge is 2.31. The Balaban J connectivity index is 1.64. The first-order chi connectivity index (χ1) is 14.9. The maximum absolute atomic E-state index is 12.9. The summed E-state index contributed by atoms with van der Waals surface area (Å²) in [5.74, 6) is 0.654. The number of halogens is 1. The average molecular weight is 447 g/mol. The molecular formula is C23H27ClN2O5. The summed E-state index contributed by atoms with van der Waals surface area (Å²) in [6.07, 6.45) is 2.28. The lowest BCUT2D eigenvalue weighted by Gasteiger charge is -2.33. The van der Waals surface area contributed by atoms with Gasteiger partial charge in [0.1, 0.15) is 0 Å². The Labute approximate surface area is 187 Å². The van der Waals surface area contributed by atoms with Crippen molar-refractivity contribution in [2.45, 2.75) is 38.7 Å². The number of aromatic nitrogens is 1. The number of methoxy groups -OCH3 is 1. The van der Waals surface area contributed by atoms with E-state index in [2.05, 4.69) is 4.98 Å². The van der Waals surface area contributed by atoms with E-state index in [1.165, 1.54) is 0 Å². The minimum atomic E-state index is -0.642. The fraction of sp³-hybridized carbons (Fsp3) is 0.435. The number of para-hydroxylation sites is 2. The zero-order chi connectivity index (χ0) is 22.4. The Kier molecular flexibility index (Phi) is 7.74. The van der Waals surface area contributed by atoms with Gasteiger partial charge in [0, 0.05) is 25.2 Å². The number of nitrogens with zero attached hydrogens (tertiary/aromatic N) is 2. The first-order valence-electron chi connectivity index (χ1n) is 10.4. The van der Waals surface area contributed by atoms with Gasteiger partial charge >= 0.3 is 5.97 Å². The molecule has 1 aromatic heterocycles. The van der Waals surface area contributed by atoms with Gasteiger partial charge < -0.3 is 19.1 Å². The minimum absolute atomic E-state index is 0.0474. The summed E-state index contributed by atoms with van der Waals surface area (Å²) in [5.41, 5.74) is 1.07. The molecule has 1 amide bonds. The summed E-state index contributed by atoms with van der Waals surface area (Å²) < 4.78 is 16.3. The highest BCUT2D eigenvalue weighted by atomic mass is 35.5. The fourth-order valence-electron chi connectivity index (χ4n) is 3.73. The van der Waals surface area contributed by atoms with Gasteiger partial charge in [-0.15, -0.1) is 0 Å². The monoisotopic (exact) mass is 446 g/mol. The standard InChI is InChI=1S/C23H27ClN2O5/c1-4-30-23(28)18-13-17(24)14-25-21(18)16-9-11-26(12-10-16)22(27)15(2)31-20-8-6-5-7-19(20)29-3/h5-8,13-16H,4,9-12H2,1-3H3. The Hall–Kier alpha value is -2.80. The van der Waals surface area contributed by atoms with Crippen molar-refractivity contribution >= 4 is 23.5 Å². The number of piperidine rings is 1. The zero-order valence-electron chi connectivity index (χ0n) is 18.0. The minimum Gasteiger partial charge on any atom is -0.493 e. The van der Waals surface area contributed by atoms with Crippen LogP contribution in [0.5, 0.6) is 11.5 Å². The Morgan fingerprint density at radius 3 is 2.55 bits per heavy atom. The zero-order valence-corrected chi connectivity index (χ0v) is 18.7. The van der Waals surface area contributed by atoms with Gasteiger partial charge in [0.05, 0.1) is 30.0 Å². The van der Waals surface area contributed by atoms with Crippen molar-refractivity contribution < 1.29 is 23.8 Å². The molecule has 0 saturated carbocycles. The van der Waals surface area contributed by atoms with Crippen LogP contribution in [0, 0.1) is 0 Å². The number of esters is 1. The van der Waals surface area contributed by atoms with Gasteiger partial charge in [-0.05, 0) is 44.9 Å². The van der Waals surface area contributed by atoms with Crippen molar-refractivity contribution in [3.63, 3.8) is 0 Å². The van der Waals surface area contributed by atoms with Gasteiger partial charge in [-0.2, -0.15) is 0 Å². The quantitative estimate of drug-likeness (QED) is 0.596. The van der Waals surface area contributed by atoms with E-state index in [0.29, 0.717) is 53.7 Å². The molecule has 31 heavy (non-hydrogen) atoms. The van der Waals surface area contributed by atoms with Crippen LogP contribution in [0.3, 0.4) is 0 Å². The van der Waals surface area contributed by atoms with Gasteiger partial charge in [0.15, 0.2) is 17.6 Å². The third kappa shape index (κ3) is 5.47. The van der Waals surface area contributed by atoms with Crippen LogP contribution in [-0.2, 0) is 9.53 Å². The van der Waals surface area contributed by atoms with Crippen LogP contribution in [-0.4, -0.2) is 54.7 Å². The molecule has 0 bridgehead atoms. The molecule has 0 spiro atoms. The van der Waals surface area contributed by atoms with Crippen LogP contribution >= 0.6 is 11.6 Å². The maximum atomic E-state index is 12.9. The van der Waals surface area contributed by atoms with Gasteiger partial charge in [-0.3, -0.25) is 9.78 Å². The van der Waals surface area contributed by atoms with Crippen molar-refractivity contribution in [3.05, 3.63) is 52.8 Å². The van der Waals surface area contributed by atoms with E-state index in [4.69, 9.17) is 25.8 Å². The van der Waals surface area contributed by atoms with Gasteiger partial charge in [-0.1, -0.05) is 23.7 Å². The van der Waals surface area contributed by atoms with Crippen LogP contribution in [0.15, 0.2) is 36.5 Å². The summed E-state index contributed by atoms with van der Waals surface area (Å²) in [7, 11) is 1.56. The second-order valence-electron chi connectivity index (χ2n) is 7.32. The number of hydrogen-bond acceptors (Lipinski definition) is 6. The average Bonchev–Trinajstić information content (AvgIpc) is 2.79. The number of carbonyl (C=O) groups is 2. The molecule has 1 saturated heterocycles. The molecule has 3 rings (SSSR count). The van der Waals surface area contributed by atoms with E-state index in [-0.39, 0.29) is 18.4 Å². The number of rotatable bonds is 7. The van der Waals surface area contributed by atoms with Crippen LogP contribution in [0.25, 0.3) is 0 Å². The number of carbonyl (C=O) groups excluding carboxylic acids is 2. The highest BCUT2D eigenvalue weighted by Crippen LogP contribution is 2.32. The normalized spacial score (nSPS) is 15.3. The van der Waals surface area contributed by atoms with Gasteiger partial charge in [0.2, 0.25) is 0 Å². The van der Waals surface area contributed by atoms with E-state index < -0.39 is 12.1 Å². The molecule has 166 valence electrons. The predicted octanol–water partition coefficient (Wildman–Crippen LogP) is 4.09. The highest BCUT2D eigenvalue weighted by molar-refractivity contribution is 6.30. The first-order valence-corrected chi connectivity index (χ1v) is 10.7. The second kappa shape index (κ2) is 10.5. The Morgan fingerprint density at radius 2 is 1.90 bits per heavy atom. The molecule has 7 nitrogen and oxygen atoms in total.